The topological polar surface area (TPSA) is 38.3 Å². The van der Waals surface area contributed by atoms with Crippen molar-refractivity contribution in [2.45, 2.75) is 6.54 Å². The number of hydrogen-bond acceptors (Lipinski definition) is 2. The molecule has 19 heavy (non-hydrogen) atoms. The molecule has 0 aromatic heterocycles. The summed E-state index contributed by atoms with van der Waals surface area (Å²) >= 11 is 5.90. The number of benzene rings is 2. The minimum Gasteiger partial charge on any atom is -0.496 e. The summed E-state index contributed by atoms with van der Waals surface area (Å²) in [4.78, 5) is 12.1. The van der Waals surface area contributed by atoms with Crippen LogP contribution in [-0.2, 0) is 6.54 Å². The molecule has 0 spiro atoms. The zero-order valence-corrected chi connectivity index (χ0v) is 11.3. The van der Waals surface area contributed by atoms with Gasteiger partial charge >= 0.3 is 0 Å². The van der Waals surface area contributed by atoms with Gasteiger partial charge in [-0.15, -0.1) is 0 Å². The Hall–Kier alpha value is -2.00. The number of ether oxygens (including phenoxy) is 1. The molecule has 3 nitrogen and oxygen atoms in total. The van der Waals surface area contributed by atoms with E-state index in [1.807, 2.05) is 30.3 Å². The first kappa shape index (κ1) is 13.4. The number of amides is 1. The molecule has 1 amide bonds. The van der Waals surface area contributed by atoms with Crippen molar-refractivity contribution in [2.75, 3.05) is 7.11 Å². The fraction of sp³-hybridized carbons (Fsp3) is 0.133. The minimum absolute atomic E-state index is 0.205. The van der Waals surface area contributed by atoms with Gasteiger partial charge in [0, 0.05) is 11.6 Å². The highest BCUT2D eigenvalue weighted by Crippen LogP contribution is 2.22. The maximum absolute atomic E-state index is 12.1. The zero-order valence-electron chi connectivity index (χ0n) is 10.5. The molecule has 0 aliphatic heterocycles. The third-order valence-electron chi connectivity index (χ3n) is 2.70. The van der Waals surface area contributed by atoms with Crippen LogP contribution in [0.4, 0.5) is 0 Å². The number of carbonyl (C=O) groups is 1. The second kappa shape index (κ2) is 6.25. The lowest BCUT2D eigenvalue weighted by Crippen LogP contribution is -2.23. The molecule has 0 unspecified atom stereocenters. The van der Waals surface area contributed by atoms with Crippen LogP contribution in [0.1, 0.15) is 15.9 Å². The Balaban J connectivity index is 2.10. The highest BCUT2D eigenvalue weighted by molar-refractivity contribution is 6.31. The molecule has 2 rings (SSSR count). The van der Waals surface area contributed by atoms with Gasteiger partial charge in [0.05, 0.1) is 12.7 Å². The quantitative estimate of drug-likeness (QED) is 0.930. The Bertz CT molecular complexity index is 570. The molecule has 2 aromatic rings. The van der Waals surface area contributed by atoms with Gasteiger partial charge < -0.3 is 10.1 Å². The summed E-state index contributed by atoms with van der Waals surface area (Å²) in [7, 11) is 1.53. The van der Waals surface area contributed by atoms with E-state index in [0.717, 1.165) is 5.56 Å². The normalized spacial score (nSPS) is 10.0. The number of halogens is 1. The second-order valence-electron chi connectivity index (χ2n) is 4.01. The molecule has 0 radical (unpaired) electrons. The fourth-order valence-corrected chi connectivity index (χ4v) is 1.90. The van der Waals surface area contributed by atoms with Crippen LogP contribution >= 0.6 is 11.6 Å². The average molecular weight is 276 g/mol. The Morgan fingerprint density at radius 1 is 1.21 bits per heavy atom. The van der Waals surface area contributed by atoms with Gasteiger partial charge in [-0.25, -0.2) is 0 Å². The van der Waals surface area contributed by atoms with Gasteiger partial charge in [-0.05, 0) is 23.8 Å². The van der Waals surface area contributed by atoms with Crippen molar-refractivity contribution in [3.8, 4) is 5.75 Å². The van der Waals surface area contributed by atoms with Crippen LogP contribution in [0.2, 0.25) is 5.02 Å². The molecule has 0 heterocycles. The van der Waals surface area contributed by atoms with Crippen LogP contribution in [0.5, 0.6) is 5.75 Å². The molecule has 0 aliphatic carbocycles. The maximum Gasteiger partial charge on any atom is 0.255 e. The number of hydrogen-bond donors (Lipinski definition) is 1. The van der Waals surface area contributed by atoms with E-state index in [9.17, 15) is 4.79 Å². The van der Waals surface area contributed by atoms with Crippen molar-refractivity contribution in [1.29, 1.82) is 0 Å². The van der Waals surface area contributed by atoms with Crippen LogP contribution in [0.25, 0.3) is 0 Å². The van der Waals surface area contributed by atoms with E-state index < -0.39 is 0 Å². The fourth-order valence-electron chi connectivity index (χ4n) is 1.73. The van der Waals surface area contributed by atoms with E-state index in [0.29, 0.717) is 22.9 Å². The summed E-state index contributed by atoms with van der Waals surface area (Å²) in [5.74, 6) is 0.304. The molecule has 0 atom stereocenters. The number of methoxy groups -OCH3 is 1. The van der Waals surface area contributed by atoms with Gasteiger partial charge in [0.1, 0.15) is 5.75 Å². The zero-order chi connectivity index (χ0) is 13.7. The average Bonchev–Trinajstić information content (AvgIpc) is 2.46. The highest BCUT2D eigenvalue weighted by Gasteiger charge is 2.12. The monoisotopic (exact) mass is 275 g/mol. The first-order valence-corrected chi connectivity index (χ1v) is 6.24. The number of rotatable bonds is 4. The van der Waals surface area contributed by atoms with Crippen molar-refractivity contribution in [1.82, 2.24) is 5.32 Å². The Morgan fingerprint density at radius 3 is 2.63 bits per heavy atom. The first-order chi connectivity index (χ1) is 9.20. The Kier molecular flexibility index (Phi) is 4.42. The van der Waals surface area contributed by atoms with Crippen molar-refractivity contribution in [3.05, 3.63) is 64.7 Å². The smallest absolute Gasteiger partial charge is 0.255 e. The van der Waals surface area contributed by atoms with E-state index in [1.165, 1.54) is 7.11 Å². The Labute approximate surface area is 117 Å². The molecule has 98 valence electrons. The van der Waals surface area contributed by atoms with E-state index in [-0.39, 0.29) is 5.91 Å². The lowest BCUT2D eigenvalue weighted by Gasteiger charge is -2.09. The van der Waals surface area contributed by atoms with Gasteiger partial charge in [-0.1, -0.05) is 41.9 Å². The Morgan fingerprint density at radius 2 is 1.95 bits per heavy atom. The van der Waals surface area contributed by atoms with Gasteiger partial charge in [-0.3, -0.25) is 4.79 Å². The summed E-state index contributed by atoms with van der Waals surface area (Å²) in [6, 6.07) is 14.7. The van der Waals surface area contributed by atoms with E-state index in [1.54, 1.807) is 18.2 Å². The van der Waals surface area contributed by atoms with Crippen LogP contribution in [0.3, 0.4) is 0 Å². The summed E-state index contributed by atoms with van der Waals surface area (Å²) < 4.78 is 5.15. The molecular formula is C15H14ClNO2. The summed E-state index contributed by atoms with van der Waals surface area (Å²) in [5.41, 5.74) is 1.47. The number of nitrogens with one attached hydrogen (secondary N) is 1. The third kappa shape index (κ3) is 3.48. The summed E-state index contributed by atoms with van der Waals surface area (Å²) in [6.45, 7) is 0.468. The third-order valence-corrected chi connectivity index (χ3v) is 2.94. The molecule has 2 aromatic carbocycles. The molecule has 0 saturated heterocycles. The highest BCUT2D eigenvalue weighted by atomic mass is 35.5. The van der Waals surface area contributed by atoms with Gasteiger partial charge in [0.25, 0.3) is 5.91 Å². The van der Waals surface area contributed by atoms with E-state index in [4.69, 9.17) is 16.3 Å². The molecule has 0 fully saturated rings. The molecular weight excluding hydrogens is 262 g/mol. The van der Waals surface area contributed by atoms with Gasteiger partial charge in [0.2, 0.25) is 0 Å². The molecule has 0 saturated carbocycles. The SMILES string of the molecule is COc1ccc(Cl)cc1C(=O)NCc1ccccc1. The van der Waals surface area contributed by atoms with Gasteiger partial charge in [-0.2, -0.15) is 0 Å². The van der Waals surface area contributed by atoms with Crippen LogP contribution < -0.4 is 10.1 Å². The van der Waals surface area contributed by atoms with Crippen molar-refractivity contribution >= 4 is 17.5 Å². The van der Waals surface area contributed by atoms with Crippen LogP contribution in [-0.4, -0.2) is 13.0 Å². The first-order valence-electron chi connectivity index (χ1n) is 5.86. The maximum atomic E-state index is 12.1. The molecule has 4 heteroatoms. The minimum atomic E-state index is -0.205. The lowest BCUT2D eigenvalue weighted by molar-refractivity contribution is 0.0948. The van der Waals surface area contributed by atoms with Crippen molar-refractivity contribution in [2.24, 2.45) is 0 Å². The van der Waals surface area contributed by atoms with E-state index in [2.05, 4.69) is 5.32 Å². The van der Waals surface area contributed by atoms with Gasteiger partial charge in [0.15, 0.2) is 0 Å². The second-order valence-corrected chi connectivity index (χ2v) is 4.45. The van der Waals surface area contributed by atoms with Crippen molar-refractivity contribution < 1.29 is 9.53 Å². The molecule has 0 aliphatic rings. The lowest BCUT2D eigenvalue weighted by atomic mass is 10.1. The van der Waals surface area contributed by atoms with E-state index >= 15 is 0 Å². The van der Waals surface area contributed by atoms with Crippen molar-refractivity contribution in [3.63, 3.8) is 0 Å². The molecule has 1 N–H and O–H groups in total. The van der Waals surface area contributed by atoms with Crippen LogP contribution in [0.15, 0.2) is 48.5 Å². The largest absolute Gasteiger partial charge is 0.496 e. The predicted molar refractivity (Wildman–Crippen MR) is 75.6 cm³/mol. The summed E-state index contributed by atoms with van der Waals surface area (Å²) in [5, 5.41) is 3.34. The standard InChI is InChI=1S/C15H14ClNO2/c1-19-14-8-7-12(16)9-13(14)15(18)17-10-11-5-3-2-4-6-11/h2-9H,10H2,1H3,(H,17,18). The number of carbonyl (C=O) groups excluding carboxylic acids is 1. The van der Waals surface area contributed by atoms with Crippen LogP contribution in [0, 0.1) is 0 Å². The molecule has 0 bridgehead atoms. The predicted octanol–water partition coefficient (Wildman–Crippen LogP) is 3.28. The summed E-state index contributed by atoms with van der Waals surface area (Å²) in [6.07, 6.45) is 0.